The van der Waals surface area contributed by atoms with Gasteiger partial charge in [-0.1, -0.05) is 29.8 Å². The fourth-order valence-electron chi connectivity index (χ4n) is 2.66. The molecule has 0 aliphatic rings. The second-order valence-corrected chi connectivity index (χ2v) is 8.08. The maximum absolute atomic E-state index is 11.6. The summed E-state index contributed by atoms with van der Waals surface area (Å²) in [5, 5.41) is 0.706. The van der Waals surface area contributed by atoms with Crippen molar-refractivity contribution in [3.8, 4) is 11.4 Å². The highest BCUT2D eigenvalue weighted by Crippen LogP contribution is 2.29. The van der Waals surface area contributed by atoms with Crippen LogP contribution in [0.5, 0.6) is 0 Å². The molecule has 0 saturated carbocycles. The molecular weight excluding hydrogens is 344 g/mol. The van der Waals surface area contributed by atoms with E-state index < -0.39 is 9.84 Å². The van der Waals surface area contributed by atoms with Crippen molar-refractivity contribution in [1.29, 1.82) is 0 Å². The Bertz CT molecular complexity index is 963. The fraction of sp³-hybridized carbons (Fsp3) is 0.167. The molecule has 0 unspecified atom stereocenters. The van der Waals surface area contributed by atoms with E-state index in [4.69, 9.17) is 11.6 Å². The van der Waals surface area contributed by atoms with Gasteiger partial charge in [-0.05, 0) is 42.8 Å². The Morgan fingerprint density at radius 3 is 2.38 bits per heavy atom. The molecule has 0 amide bonds. The zero-order chi connectivity index (χ0) is 17.3. The summed E-state index contributed by atoms with van der Waals surface area (Å²) >= 11 is 6.30. The molecule has 0 fully saturated rings. The molecule has 3 aromatic rings. The standard InChI is InChI=1S/C18H17ClN2O2S/c1-13(16-5-3-4-6-17(16)19)21-12-11-20-18(21)14-7-9-15(10-8-14)24(2,22)23/h3-13H,1-2H3/t13-/m1/s1. The molecule has 0 N–H and O–H groups in total. The predicted octanol–water partition coefficient (Wildman–Crippen LogP) is 4.22. The lowest BCUT2D eigenvalue weighted by molar-refractivity contribution is 0.602. The molecule has 2 aromatic carbocycles. The first kappa shape index (κ1) is 16.7. The monoisotopic (exact) mass is 360 g/mol. The van der Waals surface area contributed by atoms with Crippen LogP contribution >= 0.6 is 11.6 Å². The number of rotatable bonds is 4. The molecule has 0 saturated heterocycles. The SMILES string of the molecule is C[C@H](c1ccccc1Cl)n1ccnc1-c1ccc(S(C)(=O)=O)cc1. The first-order valence-electron chi connectivity index (χ1n) is 7.45. The number of benzene rings is 2. The van der Waals surface area contributed by atoms with Crippen molar-refractivity contribution in [3.05, 3.63) is 71.5 Å². The summed E-state index contributed by atoms with van der Waals surface area (Å²) in [6.45, 7) is 2.05. The van der Waals surface area contributed by atoms with E-state index in [-0.39, 0.29) is 6.04 Å². The summed E-state index contributed by atoms with van der Waals surface area (Å²) in [4.78, 5) is 4.72. The van der Waals surface area contributed by atoms with Crippen molar-refractivity contribution in [3.63, 3.8) is 0 Å². The maximum Gasteiger partial charge on any atom is 0.175 e. The number of nitrogens with zero attached hydrogens (tertiary/aromatic N) is 2. The van der Waals surface area contributed by atoms with Crippen molar-refractivity contribution >= 4 is 21.4 Å². The lowest BCUT2D eigenvalue weighted by Gasteiger charge is -2.18. The fourth-order valence-corrected chi connectivity index (χ4v) is 3.59. The van der Waals surface area contributed by atoms with Gasteiger partial charge in [-0.25, -0.2) is 13.4 Å². The predicted molar refractivity (Wildman–Crippen MR) is 96.0 cm³/mol. The average molecular weight is 361 g/mol. The normalized spacial score (nSPS) is 13.0. The number of hydrogen-bond donors (Lipinski definition) is 0. The number of aromatic nitrogens is 2. The van der Waals surface area contributed by atoms with Gasteiger partial charge in [0.05, 0.1) is 10.9 Å². The van der Waals surface area contributed by atoms with Crippen LogP contribution in [0.15, 0.2) is 65.8 Å². The number of imidazole rings is 1. The van der Waals surface area contributed by atoms with E-state index >= 15 is 0 Å². The van der Waals surface area contributed by atoms with Gasteiger partial charge in [-0.3, -0.25) is 0 Å². The topological polar surface area (TPSA) is 52.0 Å². The summed E-state index contributed by atoms with van der Waals surface area (Å²) < 4.78 is 25.2. The minimum Gasteiger partial charge on any atom is -0.324 e. The Morgan fingerprint density at radius 2 is 1.75 bits per heavy atom. The van der Waals surface area contributed by atoms with Crippen LogP contribution in [0.3, 0.4) is 0 Å². The molecule has 1 heterocycles. The zero-order valence-corrected chi connectivity index (χ0v) is 14.9. The first-order chi connectivity index (χ1) is 11.4. The Morgan fingerprint density at radius 1 is 1.08 bits per heavy atom. The van der Waals surface area contributed by atoms with Crippen molar-refractivity contribution in [2.45, 2.75) is 17.9 Å². The van der Waals surface area contributed by atoms with E-state index in [1.807, 2.05) is 35.0 Å². The van der Waals surface area contributed by atoms with Crippen LogP contribution in [-0.4, -0.2) is 24.2 Å². The summed E-state index contributed by atoms with van der Waals surface area (Å²) in [6, 6.07) is 14.5. The Balaban J connectivity index is 2.01. The third kappa shape index (κ3) is 3.23. The summed E-state index contributed by atoms with van der Waals surface area (Å²) in [6.07, 6.45) is 4.82. The number of sulfone groups is 1. The molecule has 1 atom stereocenters. The summed E-state index contributed by atoms with van der Waals surface area (Å²) in [7, 11) is -3.21. The smallest absolute Gasteiger partial charge is 0.175 e. The van der Waals surface area contributed by atoms with E-state index in [0.29, 0.717) is 9.92 Å². The van der Waals surface area contributed by atoms with Crippen LogP contribution in [0.4, 0.5) is 0 Å². The summed E-state index contributed by atoms with van der Waals surface area (Å²) in [5.41, 5.74) is 1.86. The lowest BCUT2D eigenvalue weighted by atomic mass is 10.1. The van der Waals surface area contributed by atoms with Crippen LogP contribution in [0.1, 0.15) is 18.5 Å². The van der Waals surface area contributed by atoms with Gasteiger partial charge in [0.1, 0.15) is 5.82 Å². The van der Waals surface area contributed by atoms with Crippen LogP contribution < -0.4 is 0 Å². The highest BCUT2D eigenvalue weighted by Gasteiger charge is 2.16. The molecule has 0 radical (unpaired) electrons. The van der Waals surface area contributed by atoms with E-state index in [0.717, 1.165) is 17.0 Å². The largest absolute Gasteiger partial charge is 0.324 e. The Kier molecular flexibility index (Phi) is 4.47. The van der Waals surface area contributed by atoms with Gasteiger partial charge in [-0.2, -0.15) is 0 Å². The molecule has 24 heavy (non-hydrogen) atoms. The lowest BCUT2D eigenvalue weighted by Crippen LogP contribution is -2.08. The highest BCUT2D eigenvalue weighted by atomic mass is 35.5. The minimum atomic E-state index is -3.21. The maximum atomic E-state index is 11.6. The van der Waals surface area contributed by atoms with E-state index in [1.54, 1.807) is 30.5 Å². The van der Waals surface area contributed by atoms with Crippen LogP contribution in [0.2, 0.25) is 5.02 Å². The van der Waals surface area contributed by atoms with E-state index in [2.05, 4.69) is 11.9 Å². The second kappa shape index (κ2) is 6.42. The van der Waals surface area contributed by atoms with Gasteiger partial charge in [0.25, 0.3) is 0 Å². The number of halogens is 1. The van der Waals surface area contributed by atoms with Gasteiger partial charge >= 0.3 is 0 Å². The molecule has 0 bridgehead atoms. The Hall–Kier alpha value is -2.11. The third-order valence-electron chi connectivity index (χ3n) is 3.98. The minimum absolute atomic E-state index is 0.00536. The van der Waals surface area contributed by atoms with Crippen LogP contribution in [-0.2, 0) is 9.84 Å². The molecular formula is C18H17ClN2O2S. The van der Waals surface area contributed by atoms with Gasteiger partial charge in [0, 0.05) is 29.2 Å². The van der Waals surface area contributed by atoms with Crippen LogP contribution in [0, 0.1) is 0 Å². The zero-order valence-electron chi connectivity index (χ0n) is 13.3. The molecule has 0 aliphatic heterocycles. The van der Waals surface area contributed by atoms with Crippen molar-refractivity contribution in [2.24, 2.45) is 0 Å². The van der Waals surface area contributed by atoms with E-state index in [1.165, 1.54) is 6.26 Å². The molecule has 124 valence electrons. The van der Waals surface area contributed by atoms with Crippen molar-refractivity contribution < 1.29 is 8.42 Å². The van der Waals surface area contributed by atoms with E-state index in [9.17, 15) is 8.42 Å². The van der Waals surface area contributed by atoms with Gasteiger partial charge in [0.15, 0.2) is 9.84 Å². The summed E-state index contributed by atoms with van der Waals surface area (Å²) in [5.74, 6) is 0.766. The molecule has 4 nitrogen and oxygen atoms in total. The first-order valence-corrected chi connectivity index (χ1v) is 9.72. The number of hydrogen-bond acceptors (Lipinski definition) is 3. The van der Waals surface area contributed by atoms with Gasteiger partial charge < -0.3 is 4.57 Å². The molecule has 6 heteroatoms. The van der Waals surface area contributed by atoms with Crippen molar-refractivity contribution in [2.75, 3.05) is 6.26 Å². The second-order valence-electron chi connectivity index (χ2n) is 5.65. The highest BCUT2D eigenvalue weighted by molar-refractivity contribution is 7.90. The average Bonchev–Trinajstić information content (AvgIpc) is 3.03. The molecule has 0 aliphatic carbocycles. The molecule has 3 rings (SSSR count). The van der Waals surface area contributed by atoms with Crippen LogP contribution in [0.25, 0.3) is 11.4 Å². The third-order valence-corrected chi connectivity index (χ3v) is 5.45. The quantitative estimate of drug-likeness (QED) is 0.700. The van der Waals surface area contributed by atoms with Gasteiger partial charge in [0.2, 0.25) is 0 Å². The van der Waals surface area contributed by atoms with Gasteiger partial charge in [-0.15, -0.1) is 0 Å². The Labute approximate surface area is 146 Å². The van der Waals surface area contributed by atoms with Crippen molar-refractivity contribution in [1.82, 2.24) is 9.55 Å². The molecule has 0 spiro atoms. The molecule has 1 aromatic heterocycles.